The lowest BCUT2D eigenvalue weighted by atomic mass is 10.0. The molecule has 0 fully saturated rings. The minimum absolute atomic E-state index is 0.0919. The highest BCUT2D eigenvalue weighted by atomic mass is 16.2. The normalized spacial score (nSPS) is 10.5. The molecule has 0 saturated heterocycles. The molecule has 0 atom stereocenters. The molecule has 3 aromatic carbocycles. The number of fused-ring (bicyclic) bond motifs is 1. The summed E-state index contributed by atoms with van der Waals surface area (Å²) in [6, 6.07) is 19.5. The van der Waals surface area contributed by atoms with Crippen molar-refractivity contribution in [1.29, 1.82) is 0 Å². The highest BCUT2D eigenvalue weighted by molar-refractivity contribution is 5.96. The molecular weight excluding hydrogens is 390 g/mol. The first-order valence-corrected chi connectivity index (χ1v) is 10.2. The quantitative estimate of drug-likeness (QED) is 0.620. The number of rotatable bonds is 7. The molecule has 0 aliphatic rings. The van der Waals surface area contributed by atoms with Gasteiger partial charge >= 0.3 is 0 Å². The van der Waals surface area contributed by atoms with Gasteiger partial charge in [-0.3, -0.25) is 14.4 Å². The zero-order chi connectivity index (χ0) is 22.4. The monoisotopic (exact) mass is 417 g/mol. The molecule has 0 saturated carbocycles. The maximum Gasteiger partial charge on any atom is 0.243 e. The average molecular weight is 418 g/mol. The smallest absolute Gasteiger partial charge is 0.243 e. The van der Waals surface area contributed by atoms with Gasteiger partial charge in [0.15, 0.2) is 0 Å². The van der Waals surface area contributed by atoms with Crippen molar-refractivity contribution in [2.24, 2.45) is 0 Å². The van der Waals surface area contributed by atoms with Crippen molar-refractivity contribution in [1.82, 2.24) is 10.2 Å². The fourth-order valence-corrected chi connectivity index (χ4v) is 3.36. The van der Waals surface area contributed by atoms with Crippen molar-refractivity contribution in [3.8, 4) is 0 Å². The molecule has 160 valence electrons. The van der Waals surface area contributed by atoms with Gasteiger partial charge < -0.3 is 15.5 Å². The molecule has 0 aliphatic heterocycles. The van der Waals surface area contributed by atoms with Crippen molar-refractivity contribution in [3.63, 3.8) is 0 Å². The third-order valence-corrected chi connectivity index (χ3v) is 5.14. The number of nitrogens with zero attached hydrogens (tertiary/aromatic N) is 1. The van der Waals surface area contributed by atoms with E-state index < -0.39 is 0 Å². The van der Waals surface area contributed by atoms with Gasteiger partial charge in [0.25, 0.3) is 0 Å². The van der Waals surface area contributed by atoms with Crippen LogP contribution in [0.2, 0.25) is 0 Å². The summed E-state index contributed by atoms with van der Waals surface area (Å²) in [5.41, 5.74) is 3.63. The van der Waals surface area contributed by atoms with E-state index in [2.05, 4.69) is 10.6 Å². The zero-order valence-corrected chi connectivity index (χ0v) is 18.1. The third-order valence-electron chi connectivity index (χ3n) is 5.14. The largest absolute Gasteiger partial charge is 0.347 e. The number of carbonyl (C=O) groups excluding carboxylic acids is 3. The SMILES string of the molecule is Cc1ccc(C)c(NC(=O)CN(C)C(=O)CNC(=O)Cc2cccc3ccccc23)c1. The standard InChI is InChI=1S/C25H27N3O3/c1-17-11-12-18(2)22(13-17)27-24(30)16-28(3)25(31)15-26-23(29)14-20-9-6-8-19-7-4-5-10-21(19)20/h4-13H,14-16H2,1-3H3,(H,26,29)(H,27,30). The van der Waals surface area contributed by atoms with Crippen LogP contribution >= 0.6 is 0 Å². The molecule has 31 heavy (non-hydrogen) atoms. The van der Waals surface area contributed by atoms with Crippen LogP contribution in [0.4, 0.5) is 5.69 Å². The van der Waals surface area contributed by atoms with Crippen LogP contribution in [-0.2, 0) is 20.8 Å². The van der Waals surface area contributed by atoms with E-state index in [-0.39, 0.29) is 37.2 Å². The minimum Gasteiger partial charge on any atom is -0.347 e. The second-order valence-electron chi connectivity index (χ2n) is 7.71. The van der Waals surface area contributed by atoms with Gasteiger partial charge in [-0.05, 0) is 47.4 Å². The summed E-state index contributed by atoms with van der Waals surface area (Å²) in [4.78, 5) is 38.3. The first-order valence-electron chi connectivity index (χ1n) is 10.2. The van der Waals surface area contributed by atoms with Gasteiger partial charge in [0.05, 0.1) is 19.5 Å². The lowest BCUT2D eigenvalue weighted by Crippen LogP contribution is -2.41. The zero-order valence-electron chi connectivity index (χ0n) is 18.1. The first-order chi connectivity index (χ1) is 14.8. The van der Waals surface area contributed by atoms with E-state index in [9.17, 15) is 14.4 Å². The van der Waals surface area contributed by atoms with E-state index >= 15 is 0 Å². The summed E-state index contributed by atoms with van der Waals surface area (Å²) in [6.45, 7) is 3.61. The number of benzene rings is 3. The van der Waals surface area contributed by atoms with E-state index in [1.54, 1.807) is 7.05 Å². The van der Waals surface area contributed by atoms with Crippen molar-refractivity contribution in [2.75, 3.05) is 25.5 Å². The molecule has 0 unspecified atom stereocenters. The molecule has 0 spiro atoms. The van der Waals surface area contributed by atoms with Gasteiger partial charge in [0.2, 0.25) is 17.7 Å². The Balaban J connectivity index is 1.49. The Morgan fingerprint density at radius 3 is 2.45 bits per heavy atom. The molecule has 0 heterocycles. The van der Waals surface area contributed by atoms with Crippen molar-refractivity contribution < 1.29 is 14.4 Å². The fraction of sp³-hybridized carbons (Fsp3) is 0.240. The Kier molecular flexibility index (Phi) is 7.03. The lowest BCUT2D eigenvalue weighted by Gasteiger charge is -2.18. The topological polar surface area (TPSA) is 78.5 Å². The number of hydrogen-bond acceptors (Lipinski definition) is 3. The van der Waals surface area contributed by atoms with Gasteiger partial charge in [-0.15, -0.1) is 0 Å². The molecular formula is C25H27N3O3. The van der Waals surface area contributed by atoms with E-state index in [1.807, 2.05) is 74.5 Å². The number of aryl methyl sites for hydroxylation is 2. The average Bonchev–Trinajstić information content (AvgIpc) is 2.74. The third kappa shape index (κ3) is 5.92. The second kappa shape index (κ2) is 9.89. The van der Waals surface area contributed by atoms with Gasteiger partial charge in [-0.25, -0.2) is 0 Å². The Hall–Kier alpha value is -3.67. The maximum atomic E-state index is 12.4. The Bertz CT molecular complexity index is 1120. The Labute approximate surface area is 182 Å². The fourth-order valence-electron chi connectivity index (χ4n) is 3.36. The maximum absolute atomic E-state index is 12.4. The van der Waals surface area contributed by atoms with Crippen LogP contribution < -0.4 is 10.6 Å². The lowest BCUT2D eigenvalue weighted by molar-refractivity contribution is -0.134. The molecule has 3 amide bonds. The van der Waals surface area contributed by atoms with Crippen LogP contribution in [0.5, 0.6) is 0 Å². The van der Waals surface area contributed by atoms with E-state index in [0.29, 0.717) is 0 Å². The molecule has 0 radical (unpaired) electrons. The van der Waals surface area contributed by atoms with Gasteiger partial charge in [-0.2, -0.15) is 0 Å². The van der Waals surface area contributed by atoms with Gasteiger partial charge in [-0.1, -0.05) is 54.6 Å². The van der Waals surface area contributed by atoms with E-state index in [4.69, 9.17) is 0 Å². The molecule has 0 bridgehead atoms. The summed E-state index contributed by atoms with van der Waals surface area (Å²) in [7, 11) is 1.54. The summed E-state index contributed by atoms with van der Waals surface area (Å²) < 4.78 is 0. The van der Waals surface area contributed by atoms with E-state index in [0.717, 1.165) is 33.2 Å². The van der Waals surface area contributed by atoms with Crippen LogP contribution in [-0.4, -0.2) is 42.8 Å². The first kappa shape index (κ1) is 22.0. The Morgan fingerprint density at radius 1 is 0.903 bits per heavy atom. The molecule has 6 heteroatoms. The minimum atomic E-state index is -0.331. The molecule has 0 aromatic heterocycles. The molecule has 3 aromatic rings. The van der Waals surface area contributed by atoms with Crippen LogP contribution in [0, 0.1) is 13.8 Å². The van der Waals surface area contributed by atoms with Gasteiger partial charge in [0, 0.05) is 12.7 Å². The number of likely N-dealkylation sites (N-methyl/N-ethyl adjacent to an activating group) is 1. The highest BCUT2D eigenvalue weighted by Gasteiger charge is 2.15. The molecule has 0 aliphatic carbocycles. The van der Waals surface area contributed by atoms with Crippen LogP contribution in [0.15, 0.2) is 60.7 Å². The van der Waals surface area contributed by atoms with Crippen molar-refractivity contribution >= 4 is 34.2 Å². The number of carbonyl (C=O) groups is 3. The summed E-state index contributed by atoms with van der Waals surface area (Å²) in [6.07, 6.45) is 0.186. The summed E-state index contributed by atoms with van der Waals surface area (Å²) >= 11 is 0. The number of amides is 3. The number of hydrogen-bond donors (Lipinski definition) is 2. The molecule has 3 rings (SSSR count). The molecule has 2 N–H and O–H groups in total. The van der Waals surface area contributed by atoms with Crippen molar-refractivity contribution in [3.05, 3.63) is 77.4 Å². The van der Waals surface area contributed by atoms with E-state index in [1.165, 1.54) is 4.90 Å². The van der Waals surface area contributed by atoms with Crippen molar-refractivity contribution in [2.45, 2.75) is 20.3 Å². The van der Waals surface area contributed by atoms with Crippen LogP contribution in [0.25, 0.3) is 10.8 Å². The summed E-state index contributed by atoms with van der Waals surface area (Å²) in [5.74, 6) is -0.855. The van der Waals surface area contributed by atoms with Crippen LogP contribution in [0.3, 0.4) is 0 Å². The van der Waals surface area contributed by atoms with Crippen LogP contribution in [0.1, 0.15) is 16.7 Å². The Morgan fingerprint density at radius 2 is 1.65 bits per heavy atom. The number of anilines is 1. The molecule has 6 nitrogen and oxygen atoms in total. The second-order valence-corrected chi connectivity index (χ2v) is 7.71. The number of nitrogens with one attached hydrogen (secondary N) is 2. The summed E-state index contributed by atoms with van der Waals surface area (Å²) in [5, 5.41) is 7.57. The predicted molar refractivity (Wildman–Crippen MR) is 123 cm³/mol. The van der Waals surface area contributed by atoms with Gasteiger partial charge in [0.1, 0.15) is 0 Å². The highest BCUT2D eigenvalue weighted by Crippen LogP contribution is 2.19. The predicted octanol–water partition coefficient (Wildman–Crippen LogP) is 3.21.